The number of hydrogen-bond donors (Lipinski definition) is 1. The molecule has 24 heavy (non-hydrogen) atoms. The summed E-state index contributed by atoms with van der Waals surface area (Å²) in [5.41, 5.74) is 1.30. The molecule has 7 heteroatoms. The van der Waals surface area contributed by atoms with Crippen molar-refractivity contribution in [2.24, 2.45) is 0 Å². The van der Waals surface area contributed by atoms with Crippen molar-refractivity contribution < 1.29 is 9.18 Å². The number of carbonyl (C=O) groups excluding carboxylic acids is 1. The first-order valence-corrected chi connectivity index (χ1v) is 7.91. The number of piperazine rings is 1. The van der Waals surface area contributed by atoms with Crippen molar-refractivity contribution in [1.82, 2.24) is 19.8 Å². The molecule has 6 nitrogen and oxygen atoms in total. The molecule has 126 valence electrons. The Kier molecular flexibility index (Phi) is 5.00. The number of benzene rings is 1. The molecule has 0 radical (unpaired) electrons. The first-order valence-electron chi connectivity index (χ1n) is 7.91. The molecule has 0 atom stereocenters. The second kappa shape index (κ2) is 7.35. The molecule has 2 heterocycles. The van der Waals surface area contributed by atoms with Crippen molar-refractivity contribution in [3.05, 3.63) is 53.6 Å². The van der Waals surface area contributed by atoms with Gasteiger partial charge in [-0.05, 0) is 30.8 Å². The molecule has 0 spiro atoms. The Morgan fingerprint density at radius 2 is 1.88 bits per heavy atom. The van der Waals surface area contributed by atoms with Gasteiger partial charge in [-0.2, -0.15) is 0 Å². The molecular formula is C17H20FN5O. The summed E-state index contributed by atoms with van der Waals surface area (Å²) < 4.78 is 12.9. The zero-order chi connectivity index (χ0) is 16.9. The van der Waals surface area contributed by atoms with Crippen LogP contribution in [0.2, 0.25) is 0 Å². The Bertz CT molecular complexity index is 698. The van der Waals surface area contributed by atoms with Crippen molar-refractivity contribution in [3.63, 3.8) is 0 Å². The lowest BCUT2D eigenvalue weighted by Crippen LogP contribution is -2.47. The van der Waals surface area contributed by atoms with Crippen LogP contribution in [0.3, 0.4) is 0 Å². The van der Waals surface area contributed by atoms with E-state index in [2.05, 4.69) is 20.2 Å². The minimum atomic E-state index is -0.269. The summed E-state index contributed by atoms with van der Waals surface area (Å²) in [6, 6.07) is 7.84. The third-order valence-corrected chi connectivity index (χ3v) is 4.03. The average molecular weight is 329 g/mol. The zero-order valence-electron chi connectivity index (χ0n) is 13.6. The van der Waals surface area contributed by atoms with Gasteiger partial charge in [0.25, 0.3) is 5.91 Å². The van der Waals surface area contributed by atoms with E-state index >= 15 is 0 Å². The van der Waals surface area contributed by atoms with E-state index in [4.69, 9.17) is 0 Å². The van der Waals surface area contributed by atoms with Crippen LogP contribution in [-0.2, 0) is 6.54 Å². The quantitative estimate of drug-likeness (QED) is 0.923. The Balaban J connectivity index is 1.63. The Labute approximate surface area is 140 Å². The maximum atomic E-state index is 12.9. The van der Waals surface area contributed by atoms with Crippen LogP contribution in [-0.4, -0.2) is 58.9 Å². The molecule has 1 amide bonds. The van der Waals surface area contributed by atoms with Crippen LogP contribution in [0, 0.1) is 5.82 Å². The maximum Gasteiger partial charge on any atom is 0.272 e. The van der Waals surface area contributed by atoms with E-state index in [0.29, 0.717) is 31.3 Å². The predicted octanol–water partition coefficient (Wildman–Crippen LogP) is 1.62. The number of carbonyl (C=O) groups is 1. The molecular weight excluding hydrogens is 309 g/mol. The van der Waals surface area contributed by atoms with Gasteiger partial charge in [-0.3, -0.25) is 4.79 Å². The fourth-order valence-corrected chi connectivity index (χ4v) is 2.52. The first kappa shape index (κ1) is 16.3. The van der Waals surface area contributed by atoms with Crippen LogP contribution in [0.4, 0.5) is 10.3 Å². The smallest absolute Gasteiger partial charge is 0.272 e. The van der Waals surface area contributed by atoms with Crippen LogP contribution in [0.15, 0.2) is 36.5 Å². The number of halogens is 1. The topological polar surface area (TPSA) is 61.4 Å². The van der Waals surface area contributed by atoms with Crippen LogP contribution in [0.5, 0.6) is 0 Å². The van der Waals surface area contributed by atoms with Crippen molar-refractivity contribution >= 4 is 11.9 Å². The molecule has 1 fully saturated rings. The summed E-state index contributed by atoms with van der Waals surface area (Å²) in [5.74, 6) is 0.0457. The normalized spacial score (nSPS) is 15.3. The van der Waals surface area contributed by atoms with Crippen molar-refractivity contribution in [3.8, 4) is 0 Å². The summed E-state index contributed by atoms with van der Waals surface area (Å²) in [6.45, 7) is 3.61. The van der Waals surface area contributed by atoms with Gasteiger partial charge in [0.2, 0.25) is 5.95 Å². The maximum absolute atomic E-state index is 12.9. The van der Waals surface area contributed by atoms with Gasteiger partial charge in [-0.1, -0.05) is 12.1 Å². The second-order valence-corrected chi connectivity index (χ2v) is 5.84. The Morgan fingerprint density at radius 3 is 2.58 bits per heavy atom. The lowest BCUT2D eigenvalue weighted by molar-refractivity contribution is 0.0658. The fourth-order valence-electron chi connectivity index (χ4n) is 2.52. The number of nitrogens with one attached hydrogen (secondary N) is 1. The number of nitrogens with zero attached hydrogens (tertiary/aromatic N) is 4. The van der Waals surface area contributed by atoms with E-state index in [1.165, 1.54) is 12.1 Å². The summed E-state index contributed by atoms with van der Waals surface area (Å²) in [4.78, 5) is 25.0. The molecule has 0 saturated carbocycles. The van der Waals surface area contributed by atoms with Crippen LogP contribution in [0.25, 0.3) is 0 Å². The fraction of sp³-hybridized carbons (Fsp3) is 0.353. The number of amides is 1. The summed E-state index contributed by atoms with van der Waals surface area (Å²) in [7, 11) is 2.05. The van der Waals surface area contributed by atoms with Gasteiger partial charge >= 0.3 is 0 Å². The molecule has 2 aromatic rings. The lowest BCUT2D eigenvalue weighted by atomic mass is 10.2. The molecule has 1 saturated heterocycles. The SMILES string of the molecule is CN1CCN(C(=O)c2ccnc(NCc3ccc(F)cc3)n2)CC1. The molecule has 0 bridgehead atoms. The lowest BCUT2D eigenvalue weighted by Gasteiger charge is -2.32. The van der Waals surface area contributed by atoms with Crippen molar-refractivity contribution in [1.29, 1.82) is 0 Å². The summed E-state index contributed by atoms with van der Waals surface area (Å²) >= 11 is 0. The van der Waals surface area contributed by atoms with Crippen molar-refractivity contribution in [2.75, 3.05) is 38.5 Å². The number of likely N-dealkylation sites (N-methyl/N-ethyl adjacent to an activating group) is 1. The van der Waals surface area contributed by atoms with Gasteiger partial charge in [-0.25, -0.2) is 14.4 Å². The number of aromatic nitrogens is 2. The number of anilines is 1. The van der Waals surface area contributed by atoms with Gasteiger partial charge in [0.1, 0.15) is 11.5 Å². The van der Waals surface area contributed by atoms with E-state index in [1.54, 1.807) is 24.4 Å². The van der Waals surface area contributed by atoms with Gasteiger partial charge in [0.15, 0.2) is 0 Å². The van der Waals surface area contributed by atoms with Crippen LogP contribution < -0.4 is 5.32 Å². The molecule has 3 rings (SSSR count). The highest BCUT2D eigenvalue weighted by atomic mass is 19.1. The van der Waals surface area contributed by atoms with E-state index in [9.17, 15) is 9.18 Å². The monoisotopic (exact) mass is 329 g/mol. The molecule has 1 aromatic heterocycles. The Hall–Kier alpha value is -2.54. The van der Waals surface area contributed by atoms with Gasteiger partial charge in [0, 0.05) is 38.9 Å². The summed E-state index contributed by atoms with van der Waals surface area (Å²) in [6.07, 6.45) is 1.57. The van der Waals surface area contributed by atoms with Gasteiger partial charge in [0.05, 0.1) is 0 Å². The van der Waals surface area contributed by atoms with Crippen molar-refractivity contribution in [2.45, 2.75) is 6.54 Å². The van der Waals surface area contributed by atoms with Gasteiger partial charge < -0.3 is 15.1 Å². The minimum Gasteiger partial charge on any atom is -0.350 e. The second-order valence-electron chi connectivity index (χ2n) is 5.84. The minimum absolute atomic E-state index is 0.0738. The number of hydrogen-bond acceptors (Lipinski definition) is 5. The number of rotatable bonds is 4. The largest absolute Gasteiger partial charge is 0.350 e. The van der Waals surface area contributed by atoms with E-state index < -0.39 is 0 Å². The van der Waals surface area contributed by atoms with E-state index in [-0.39, 0.29) is 11.7 Å². The molecule has 0 aliphatic carbocycles. The molecule has 1 aromatic carbocycles. The molecule has 0 unspecified atom stereocenters. The molecule has 1 N–H and O–H groups in total. The molecule has 1 aliphatic rings. The van der Waals surface area contributed by atoms with E-state index in [1.807, 2.05) is 11.9 Å². The Morgan fingerprint density at radius 1 is 1.17 bits per heavy atom. The summed E-state index contributed by atoms with van der Waals surface area (Å²) in [5, 5.41) is 3.06. The third kappa shape index (κ3) is 4.05. The zero-order valence-corrected chi connectivity index (χ0v) is 13.6. The highest BCUT2D eigenvalue weighted by Gasteiger charge is 2.21. The standard InChI is InChI=1S/C17H20FN5O/c1-22-8-10-23(11-9-22)16(24)15-6-7-19-17(21-15)20-12-13-2-4-14(18)5-3-13/h2-7H,8-12H2,1H3,(H,19,20,21). The third-order valence-electron chi connectivity index (χ3n) is 4.03. The average Bonchev–Trinajstić information content (AvgIpc) is 2.61. The van der Waals surface area contributed by atoms with Crippen LogP contribution >= 0.6 is 0 Å². The first-order chi connectivity index (χ1) is 11.6. The molecule has 1 aliphatic heterocycles. The van der Waals surface area contributed by atoms with Gasteiger partial charge in [-0.15, -0.1) is 0 Å². The highest BCUT2D eigenvalue weighted by molar-refractivity contribution is 5.92. The predicted molar refractivity (Wildman–Crippen MR) is 89.2 cm³/mol. The van der Waals surface area contributed by atoms with E-state index in [0.717, 1.165) is 18.7 Å². The highest BCUT2D eigenvalue weighted by Crippen LogP contribution is 2.09. The van der Waals surface area contributed by atoms with Crippen LogP contribution in [0.1, 0.15) is 16.1 Å².